The van der Waals surface area contributed by atoms with E-state index >= 15 is 0 Å². The van der Waals surface area contributed by atoms with Crippen LogP contribution in [0.2, 0.25) is 0 Å². The highest BCUT2D eigenvalue weighted by molar-refractivity contribution is 5.90. The summed E-state index contributed by atoms with van der Waals surface area (Å²) in [7, 11) is 0. The molecule has 1 fully saturated rings. The SMILES string of the molecule is O=C(OC[C@@H](OC(=O)c1ccccc1)[C@@H]1O[C@H](O)[C@H](O)[C@H]1OCc1ccccc1)c1ccccc1. The molecule has 0 amide bonds. The van der Waals surface area contributed by atoms with Gasteiger partial charge in [-0.25, -0.2) is 9.59 Å². The van der Waals surface area contributed by atoms with E-state index in [4.69, 9.17) is 18.9 Å². The molecule has 5 atom stereocenters. The molecule has 4 rings (SSSR count). The molecule has 1 saturated heterocycles. The third-order valence-corrected chi connectivity index (χ3v) is 5.56. The van der Waals surface area contributed by atoms with Crippen LogP contribution in [0.5, 0.6) is 0 Å². The largest absolute Gasteiger partial charge is 0.458 e. The molecule has 0 radical (unpaired) electrons. The van der Waals surface area contributed by atoms with E-state index in [0.29, 0.717) is 5.56 Å². The quantitative estimate of drug-likeness (QED) is 0.452. The average Bonchev–Trinajstić information content (AvgIpc) is 3.19. The van der Waals surface area contributed by atoms with E-state index in [1.54, 1.807) is 60.7 Å². The number of benzene rings is 3. The summed E-state index contributed by atoms with van der Waals surface area (Å²) >= 11 is 0. The van der Waals surface area contributed by atoms with E-state index < -0.39 is 42.6 Å². The topological polar surface area (TPSA) is 112 Å². The van der Waals surface area contributed by atoms with Gasteiger partial charge >= 0.3 is 11.9 Å². The van der Waals surface area contributed by atoms with Crippen LogP contribution in [0, 0.1) is 0 Å². The van der Waals surface area contributed by atoms with Gasteiger partial charge < -0.3 is 29.2 Å². The Bertz CT molecular complexity index is 1090. The average molecular weight is 478 g/mol. The van der Waals surface area contributed by atoms with Crippen LogP contribution < -0.4 is 0 Å². The number of aliphatic hydroxyl groups excluding tert-OH is 2. The molecular weight excluding hydrogens is 452 g/mol. The maximum Gasteiger partial charge on any atom is 0.338 e. The summed E-state index contributed by atoms with van der Waals surface area (Å²) in [6.45, 7) is -0.250. The van der Waals surface area contributed by atoms with Crippen LogP contribution in [-0.4, -0.2) is 59.5 Å². The Hall–Kier alpha value is -3.56. The summed E-state index contributed by atoms with van der Waals surface area (Å²) in [5, 5.41) is 20.7. The van der Waals surface area contributed by atoms with Crippen molar-refractivity contribution >= 4 is 11.9 Å². The molecule has 2 N–H and O–H groups in total. The first-order chi connectivity index (χ1) is 17.0. The zero-order chi connectivity index (χ0) is 24.6. The minimum Gasteiger partial charge on any atom is -0.458 e. The van der Waals surface area contributed by atoms with E-state index in [9.17, 15) is 19.8 Å². The molecule has 3 aromatic carbocycles. The van der Waals surface area contributed by atoms with Gasteiger partial charge in [0.2, 0.25) is 0 Å². The van der Waals surface area contributed by atoms with Gasteiger partial charge in [0, 0.05) is 0 Å². The highest BCUT2D eigenvalue weighted by atomic mass is 16.7. The highest BCUT2D eigenvalue weighted by Crippen LogP contribution is 2.28. The lowest BCUT2D eigenvalue weighted by atomic mass is 10.1. The second-order valence-corrected chi connectivity index (χ2v) is 8.02. The van der Waals surface area contributed by atoms with Crippen LogP contribution in [0.15, 0.2) is 91.0 Å². The highest BCUT2D eigenvalue weighted by Gasteiger charge is 2.49. The predicted molar refractivity (Wildman–Crippen MR) is 124 cm³/mol. The standard InChI is InChI=1S/C27H26O8/c28-22-24(32-16-18-10-4-1-5-11-18)23(35-27(22)31)21(34-26(30)20-14-8-3-9-15-20)17-33-25(29)19-12-6-2-7-13-19/h1-15,21-24,27-28,31H,16-17H2/t21-,22-,23+,24-,27+/m1/s1. The molecule has 182 valence electrons. The van der Waals surface area contributed by atoms with E-state index in [0.717, 1.165) is 5.56 Å². The summed E-state index contributed by atoms with van der Waals surface area (Å²) in [5.41, 5.74) is 1.45. The Labute approximate surface area is 202 Å². The van der Waals surface area contributed by atoms with Gasteiger partial charge in [-0.15, -0.1) is 0 Å². The molecular formula is C27H26O8. The van der Waals surface area contributed by atoms with Crippen LogP contribution in [0.25, 0.3) is 0 Å². The molecule has 3 aromatic rings. The second kappa shape index (κ2) is 11.7. The lowest BCUT2D eigenvalue weighted by Gasteiger charge is -2.28. The van der Waals surface area contributed by atoms with Crippen molar-refractivity contribution in [3.63, 3.8) is 0 Å². The maximum atomic E-state index is 12.8. The van der Waals surface area contributed by atoms with Gasteiger partial charge in [0.15, 0.2) is 12.4 Å². The van der Waals surface area contributed by atoms with Crippen LogP contribution in [0.4, 0.5) is 0 Å². The van der Waals surface area contributed by atoms with Crippen molar-refractivity contribution in [2.45, 2.75) is 37.3 Å². The van der Waals surface area contributed by atoms with Crippen molar-refractivity contribution in [3.05, 3.63) is 108 Å². The summed E-state index contributed by atoms with van der Waals surface area (Å²) in [6.07, 6.45) is -6.27. The fourth-order valence-electron chi connectivity index (χ4n) is 3.73. The maximum absolute atomic E-state index is 12.8. The van der Waals surface area contributed by atoms with Gasteiger partial charge in [0.1, 0.15) is 24.9 Å². The van der Waals surface area contributed by atoms with E-state index in [2.05, 4.69) is 0 Å². The summed E-state index contributed by atoms with van der Waals surface area (Å²) in [4.78, 5) is 25.3. The minimum atomic E-state index is -1.57. The lowest BCUT2D eigenvalue weighted by molar-refractivity contribution is -0.153. The number of ether oxygens (including phenoxy) is 4. The predicted octanol–water partition coefficient (Wildman–Crippen LogP) is 2.73. The molecule has 35 heavy (non-hydrogen) atoms. The Kier molecular flexibility index (Phi) is 8.23. The summed E-state index contributed by atoms with van der Waals surface area (Å²) < 4.78 is 22.4. The Morgan fingerprint density at radius 2 is 1.34 bits per heavy atom. The summed E-state index contributed by atoms with van der Waals surface area (Å²) in [6, 6.07) is 25.9. The van der Waals surface area contributed by atoms with Crippen LogP contribution in [0.3, 0.4) is 0 Å². The van der Waals surface area contributed by atoms with E-state index in [1.807, 2.05) is 30.3 Å². The van der Waals surface area contributed by atoms with Crippen LogP contribution in [0.1, 0.15) is 26.3 Å². The Morgan fingerprint density at radius 3 is 1.94 bits per heavy atom. The fourth-order valence-corrected chi connectivity index (χ4v) is 3.73. The van der Waals surface area contributed by atoms with Gasteiger partial charge in [-0.2, -0.15) is 0 Å². The number of aliphatic hydroxyl groups is 2. The molecule has 0 bridgehead atoms. The van der Waals surface area contributed by atoms with Crippen molar-refractivity contribution in [3.8, 4) is 0 Å². The normalized spacial score (nSPS) is 22.3. The van der Waals surface area contributed by atoms with Crippen molar-refractivity contribution in [1.82, 2.24) is 0 Å². The van der Waals surface area contributed by atoms with E-state index in [-0.39, 0.29) is 18.8 Å². The number of carbonyl (C=O) groups excluding carboxylic acids is 2. The van der Waals surface area contributed by atoms with Crippen LogP contribution in [-0.2, 0) is 25.6 Å². The summed E-state index contributed by atoms with van der Waals surface area (Å²) in [5.74, 6) is -1.29. The molecule has 8 nitrogen and oxygen atoms in total. The monoisotopic (exact) mass is 478 g/mol. The molecule has 1 heterocycles. The zero-order valence-corrected chi connectivity index (χ0v) is 18.8. The fraction of sp³-hybridized carbons (Fsp3) is 0.259. The van der Waals surface area contributed by atoms with E-state index in [1.165, 1.54) is 0 Å². The van der Waals surface area contributed by atoms with Crippen molar-refractivity contribution < 1.29 is 38.7 Å². The Balaban J connectivity index is 1.52. The van der Waals surface area contributed by atoms with Gasteiger partial charge in [-0.3, -0.25) is 0 Å². The molecule has 0 spiro atoms. The van der Waals surface area contributed by atoms with Crippen LogP contribution >= 0.6 is 0 Å². The minimum absolute atomic E-state index is 0.123. The van der Waals surface area contributed by atoms with Gasteiger partial charge in [-0.1, -0.05) is 66.7 Å². The smallest absolute Gasteiger partial charge is 0.338 e. The molecule has 8 heteroatoms. The Morgan fingerprint density at radius 1 is 0.800 bits per heavy atom. The molecule has 0 saturated carbocycles. The second-order valence-electron chi connectivity index (χ2n) is 8.02. The van der Waals surface area contributed by atoms with Crippen molar-refractivity contribution in [2.24, 2.45) is 0 Å². The zero-order valence-electron chi connectivity index (χ0n) is 18.8. The number of esters is 2. The first-order valence-corrected chi connectivity index (χ1v) is 11.2. The third kappa shape index (κ3) is 6.32. The molecule has 1 aliphatic heterocycles. The first-order valence-electron chi connectivity index (χ1n) is 11.2. The number of rotatable bonds is 9. The van der Waals surface area contributed by atoms with Gasteiger partial charge in [0.25, 0.3) is 0 Å². The number of hydrogen-bond donors (Lipinski definition) is 2. The third-order valence-electron chi connectivity index (χ3n) is 5.56. The number of hydrogen-bond acceptors (Lipinski definition) is 8. The van der Waals surface area contributed by atoms with Gasteiger partial charge in [0.05, 0.1) is 17.7 Å². The lowest BCUT2D eigenvalue weighted by Crippen LogP contribution is -2.45. The number of carbonyl (C=O) groups is 2. The molecule has 1 aliphatic rings. The van der Waals surface area contributed by atoms with Crippen molar-refractivity contribution in [2.75, 3.05) is 6.61 Å². The first kappa shape index (κ1) is 24.6. The van der Waals surface area contributed by atoms with Crippen molar-refractivity contribution in [1.29, 1.82) is 0 Å². The molecule has 0 unspecified atom stereocenters. The molecule has 0 aliphatic carbocycles. The molecule has 0 aromatic heterocycles. The van der Waals surface area contributed by atoms with Gasteiger partial charge in [-0.05, 0) is 29.8 Å².